The van der Waals surface area contributed by atoms with Crippen LogP contribution in [0.15, 0.2) is 185 Å². The van der Waals surface area contributed by atoms with Crippen LogP contribution in [0.1, 0.15) is 52.7 Å². The second-order valence-corrected chi connectivity index (χ2v) is 19.4. The van der Waals surface area contributed by atoms with Gasteiger partial charge in [-0.1, -0.05) is 145 Å². The molecule has 0 atom stereocenters. The summed E-state index contributed by atoms with van der Waals surface area (Å²) in [7, 11) is 0. The molecule has 9 aromatic carbocycles. The lowest BCUT2D eigenvalue weighted by molar-refractivity contribution is 0.590. The van der Waals surface area contributed by atoms with E-state index < -0.39 is 0 Å². The Balaban J connectivity index is 1.22. The third kappa shape index (κ3) is 5.94. The molecule has 3 aromatic heterocycles. The van der Waals surface area contributed by atoms with E-state index in [1.165, 1.54) is 66.0 Å². The van der Waals surface area contributed by atoms with Crippen molar-refractivity contribution in [1.82, 2.24) is 4.57 Å². The lowest BCUT2D eigenvalue weighted by Crippen LogP contribution is -2.11. The molecule has 0 saturated heterocycles. The van der Waals surface area contributed by atoms with Gasteiger partial charge in [-0.05, 0) is 128 Å². The van der Waals surface area contributed by atoms with Gasteiger partial charge in [-0.2, -0.15) is 0 Å². The molecule has 3 heteroatoms. The van der Waals surface area contributed by atoms with Gasteiger partial charge in [0.2, 0.25) is 0 Å². The molecular weight excluding hydrogens is 767 g/mol. The van der Waals surface area contributed by atoms with E-state index in [-0.39, 0.29) is 10.8 Å². The van der Waals surface area contributed by atoms with Crippen LogP contribution in [0.25, 0.3) is 116 Å². The topological polar surface area (TPSA) is 31.2 Å². The van der Waals surface area contributed by atoms with Crippen LogP contribution in [0.5, 0.6) is 0 Å². The maximum absolute atomic E-state index is 6.37. The van der Waals surface area contributed by atoms with Gasteiger partial charge in [0, 0.05) is 49.1 Å². The summed E-state index contributed by atoms with van der Waals surface area (Å²) in [4.78, 5) is 0. The average Bonchev–Trinajstić information content (AvgIpc) is 3.97. The molecule has 0 amide bonds. The summed E-state index contributed by atoms with van der Waals surface area (Å²) in [6.45, 7) is 14.0. The molecule has 0 saturated carbocycles. The van der Waals surface area contributed by atoms with E-state index in [2.05, 4.69) is 210 Å². The Hall–Kier alpha value is -7.36. The fraction of sp³-hybridized carbons (Fsp3) is 0.133. The van der Waals surface area contributed by atoms with Crippen molar-refractivity contribution in [3.05, 3.63) is 187 Å². The molecule has 0 fully saturated rings. The van der Waals surface area contributed by atoms with Gasteiger partial charge in [0.15, 0.2) is 0 Å². The van der Waals surface area contributed by atoms with E-state index in [4.69, 9.17) is 8.83 Å². The number of para-hydroxylation sites is 2. The highest BCUT2D eigenvalue weighted by Gasteiger charge is 2.27. The number of hydrogen-bond acceptors (Lipinski definition) is 2. The summed E-state index contributed by atoms with van der Waals surface area (Å²) in [5.41, 5.74) is 16.6. The molecule has 304 valence electrons. The normalized spacial score (nSPS) is 12.6. The van der Waals surface area contributed by atoms with Gasteiger partial charge in [-0.3, -0.25) is 0 Å². The van der Waals surface area contributed by atoms with Crippen LogP contribution in [0.2, 0.25) is 0 Å². The van der Waals surface area contributed by atoms with Crippen LogP contribution in [-0.2, 0) is 10.8 Å². The molecule has 0 bridgehead atoms. The molecule has 0 unspecified atom stereocenters. The quantitative estimate of drug-likeness (QED) is 0.177. The van der Waals surface area contributed by atoms with Crippen molar-refractivity contribution in [3.63, 3.8) is 0 Å². The summed E-state index contributed by atoms with van der Waals surface area (Å²) >= 11 is 0. The van der Waals surface area contributed by atoms with E-state index in [0.717, 1.165) is 60.7 Å². The zero-order valence-corrected chi connectivity index (χ0v) is 36.5. The monoisotopic (exact) mass is 813 g/mol. The second-order valence-electron chi connectivity index (χ2n) is 19.4. The first-order chi connectivity index (χ1) is 30.5. The summed E-state index contributed by atoms with van der Waals surface area (Å²) < 4.78 is 15.3. The maximum Gasteiger partial charge on any atom is 0.135 e. The van der Waals surface area contributed by atoms with Gasteiger partial charge < -0.3 is 13.4 Å². The van der Waals surface area contributed by atoms with E-state index in [9.17, 15) is 0 Å². The van der Waals surface area contributed by atoms with Crippen molar-refractivity contribution in [1.29, 1.82) is 0 Å². The average molecular weight is 814 g/mol. The first-order valence-corrected chi connectivity index (χ1v) is 22.1. The lowest BCUT2D eigenvalue weighted by Gasteiger charge is -2.22. The minimum atomic E-state index is -0.109. The molecule has 0 radical (unpaired) electrons. The highest BCUT2D eigenvalue weighted by Crippen LogP contribution is 2.47. The van der Waals surface area contributed by atoms with Gasteiger partial charge in [0.25, 0.3) is 0 Å². The number of aromatic nitrogens is 1. The number of furan rings is 2. The lowest BCUT2D eigenvalue weighted by atomic mass is 9.82. The molecule has 63 heavy (non-hydrogen) atoms. The largest absolute Gasteiger partial charge is 0.456 e. The zero-order valence-electron chi connectivity index (χ0n) is 36.5. The van der Waals surface area contributed by atoms with Crippen molar-refractivity contribution in [2.45, 2.75) is 52.4 Å². The second kappa shape index (κ2) is 13.6. The molecule has 0 aliphatic rings. The molecule has 3 heterocycles. The Labute approximate surface area is 366 Å². The molecule has 0 N–H and O–H groups in total. The molecule has 12 aromatic rings. The van der Waals surface area contributed by atoms with Crippen molar-refractivity contribution >= 4 is 76.5 Å². The van der Waals surface area contributed by atoms with Crippen molar-refractivity contribution in [2.24, 2.45) is 0 Å². The Bertz CT molecular complexity index is 3610. The van der Waals surface area contributed by atoms with Crippen LogP contribution in [0.3, 0.4) is 0 Å². The van der Waals surface area contributed by atoms with Crippen LogP contribution >= 0.6 is 0 Å². The Kier molecular flexibility index (Phi) is 8.06. The summed E-state index contributed by atoms with van der Waals surface area (Å²) in [5, 5.41) is 9.47. The number of nitrogens with zero attached hydrogens (tertiary/aromatic N) is 1. The highest BCUT2D eigenvalue weighted by molar-refractivity contribution is 6.19. The van der Waals surface area contributed by atoms with E-state index in [0.29, 0.717) is 0 Å². The first kappa shape index (κ1) is 37.4. The minimum Gasteiger partial charge on any atom is -0.456 e. The van der Waals surface area contributed by atoms with Gasteiger partial charge in [0.1, 0.15) is 22.3 Å². The molecule has 12 rings (SSSR count). The molecule has 3 nitrogen and oxygen atoms in total. The molecule has 0 aliphatic heterocycles. The third-order valence-electron chi connectivity index (χ3n) is 13.3. The van der Waals surface area contributed by atoms with Gasteiger partial charge in [-0.15, -0.1) is 0 Å². The van der Waals surface area contributed by atoms with E-state index in [1.807, 2.05) is 12.1 Å². The van der Waals surface area contributed by atoms with Gasteiger partial charge in [0.05, 0.1) is 11.0 Å². The van der Waals surface area contributed by atoms with Crippen LogP contribution < -0.4 is 0 Å². The van der Waals surface area contributed by atoms with Crippen molar-refractivity contribution in [3.8, 4) is 39.1 Å². The molecule has 0 spiro atoms. The molecule has 0 aliphatic carbocycles. The van der Waals surface area contributed by atoms with Crippen molar-refractivity contribution in [2.75, 3.05) is 0 Å². The van der Waals surface area contributed by atoms with Gasteiger partial charge >= 0.3 is 0 Å². The van der Waals surface area contributed by atoms with Gasteiger partial charge in [-0.25, -0.2) is 0 Å². The number of hydrogen-bond donors (Lipinski definition) is 0. The Morgan fingerprint density at radius 1 is 0.333 bits per heavy atom. The summed E-state index contributed by atoms with van der Waals surface area (Å²) in [5.74, 6) is 0. The standard InChI is InChI=1S/C60H47NO2/c1-59(2,3)40-32-47(38-24-28-55-49(30-38)45-17-9-11-20-53(45)62-55)57-51(34-40)52-35-41(60(4,5)6)33-48(39-25-29-56-50(31-39)46-18-10-12-21-54(46)63-56)58(52)61(57)42-26-22-37(23-27-42)44-19-13-15-36-14-7-8-16-43(36)44/h7-35H,1-6H3. The van der Waals surface area contributed by atoms with Crippen LogP contribution in [0, 0.1) is 0 Å². The smallest absolute Gasteiger partial charge is 0.135 e. The van der Waals surface area contributed by atoms with Crippen LogP contribution in [-0.4, -0.2) is 4.57 Å². The highest BCUT2D eigenvalue weighted by atomic mass is 16.3. The number of benzene rings is 9. The molecular formula is C60H47NO2. The van der Waals surface area contributed by atoms with Crippen molar-refractivity contribution < 1.29 is 8.83 Å². The van der Waals surface area contributed by atoms with Crippen LogP contribution in [0.4, 0.5) is 0 Å². The van der Waals surface area contributed by atoms with E-state index >= 15 is 0 Å². The summed E-state index contributed by atoms with van der Waals surface area (Å²) in [6.07, 6.45) is 0. The third-order valence-corrected chi connectivity index (χ3v) is 13.3. The predicted molar refractivity (Wildman–Crippen MR) is 267 cm³/mol. The van der Waals surface area contributed by atoms with E-state index in [1.54, 1.807) is 0 Å². The SMILES string of the molecule is CC(C)(C)c1cc(-c2ccc3oc4ccccc4c3c2)c2c(c1)c1cc(C(C)(C)C)cc(-c3ccc4oc5ccccc5c4c3)c1n2-c1ccc(-c2cccc3ccccc23)cc1. The fourth-order valence-electron chi connectivity index (χ4n) is 9.89. The minimum absolute atomic E-state index is 0.109. The number of rotatable bonds is 4. The predicted octanol–water partition coefficient (Wildman–Crippen LogP) is 17.3. The number of fused-ring (bicyclic) bond motifs is 10. The Morgan fingerprint density at radius 2 is 0.778 bits per heavy atom. The Morgan fingerprint density at radius 3 is 1.30 bits per heavy atom. The fourth-order valence-corrected chi connectivity index (χ4v) is 9.89. The first-order valence-electron chi connectivity index (χ1n) is 22.1. The zero-order chi connectivity index (χ0) is 42.8. The summed E-state index contributed by atoms with van der Waals surface area (Å²) in [6, 6.07) is 64.5. The maximum atomic E-state index is 6.37.